The molecule has 0 saturated carbocycles. The third-order valence-corrected chi connectivity index (χ3v) is 2.88. The first kappa shape index (κ1) is 10.7. The molecule has 13 heavy (non-hydrogen) atoms. The van der Waals surface area contributed by atoms with Gasteiger partial charge in [-0.05, 0) is 50.4 Å². The Labute approximate surface area is 91.8 Å². The molecule has 1 N–H and O–H groups in total. The molecule has 1 aromatic rings. The van der Waals surface area contributed by atoms with Gasteiger partial charge >= 0.3 is 0 Å². The van der Waals surface area contributed by atoms with Crippen LogP contribution in [0.2, 0.25) is 0 Å². The molecule has 0 aromatic heterocycles. The van der Waals surface area contributed by atoms with Gasteiger partial charge in [0.25, 0.3) is 0 Å². The molecule has 1 aromatic carbocycles. The molecule has 0 radical (unpaired) electrons. The van der Waals surface area contributed by atoms with Crippen LogP contribution in [0.5, 0.6) is 0 Å². The fourth-order valence-electron chi connectivity index (χ4n) is 0.949. The second-order valence-electron chi connectivity index (χ2n) is 2.44. The number of carbonyl (C=O) groups is 1. The van der Waals surface area contributed by atoms with Crippen LogP contribution >= 0.6 is 31.9 Å². The van der Waals surface area contributed by atoms with Gasteiger partial charge in [-0.3, -0.25) is 4.79 Å². The molecule has 0 atom stereocenters. The molecule has 0 aliphatic rings. The maximum Gasteiger partial charge on any atom is 0.211 e. The lowest BCUT2D eigenvalue weighted by Gasteiger charge is -2.08. The Morgan fingerprint density at radius 3 is 2.69 bits per heavy atom. The summed E-state index contributed by atoms with van der Waals surface area (Å²) in [6, 6.07) is 1.60. The summed E-state index contributed by atoms with van der Waals surface area (Å²) in [5.74, 6) is -0.421. The molecule has 0 heterocycles. The average molecular weight is 311 g/mol. The monoisotopic (exact) mass is 309 g/mol. The van der Waals surface area contributed by atoms with E-state index >= 15 is 0 Å². The second kappa shape index (κ2) is 4.19. The van der Waals surface area contributed by atoms with Gasteiger partial charge in [0.2, 0.25) is 6.41 Å². The van der Waals surface area contributed by atoms with Gasteiger partial charge in [0.15, 0.2) is 5.82 Å². The van der Waals surface area contributed by atoms with Gasteiger partial charge in [-0.1, -0.05) is 0 Å². The van der Waals surface area contributed by atoms with Gasteiger partial charge in [0.05, 0.1) is 14.6 Å². The fourth-order valence-corrected chi connectivity index (χ4v) is 2.40. The van der Waals surface area contributed by atoms with Gasteiger partial charge in [-0.25, -0.2) is 4.39 Å². The molecular weight excluding hydrogens is 305 g/mol. The van der Waals surface area contributed by atoms with E-state index in [9.17, 15) is 9.18 Å². The summed E-state index contributed by atoms with van der Waals surface area (Å²) in [5, 5.41) is 2.42. The van der Waals surface area contributed by atoms with E-state index in [0.717, 1.165) is 5.56 Å². The first-order valence-corrected chi connectivity index (χ1v) is 5.00. The number of anilines is 1. The van der Waals surface area contributed by atoms with Gasteiger partial charge in [0, 0.05) is 0 Å². The highest BCUT2D eigenvalue weighted by Gasteiger charge is 2.12. The topological polar surface area (TPSA) is 29.1 Å². The number of hydrogen-bond acceptors (Lipinski definition) is 1. The van der Waals surface area contributed by atoms with E-state index in [-0.39, 0.29) is 4.47 Å². The van der Waals surface area contributed by atoms with Crippen molar-refractivity contribution in [2.45, 2.75) is 6.92 Å². The number of carbonyl (C=O) groups excluding carboxylic acids is 1. The van der Waals surface area contributed by atoms with Crippen molar-refractivity contribution in [2.24, 2.45) is 0 Å². The number of benzene rings is 1. The Kier molecular flexibility index (Phi) is 3.44. The SMILES string of the molecule is Cc1cc(Br)c(F)c(Br)c1NC=O. The van der Waals surface area contributed by atoms with E-state index in [4.69, 9.17) is 0 Å². The summed E-state index contributed by atoms with van der Waals surface area (Å²) in [6.07, 6.45) is 0.514. The molecule has 2 nitrogen and oxygen atoms in total. The molecule has 0 aliphatic heterocycles. The van der Waals surface area contributed by atoms with Crippen molar-refractivity contribution in [3.8, 4) is 0 Å². The van der Waals surface area contributed by atoms with Crippen molar-refractivity contribution in [3.63, 3.8) is 0 Å². The molecule has 1 rings (SSSR count). The van der Waals surface area contributed by atoms with E-state index in [1.54, 1.807) is 13.0 Å². The Morgan fingerprint density at radius 1 is 1.54 bits per heavy atom. The fraction of sp³-hybridized carbons (Fsp3) is 0.125. The number of aryl methyl sites for hydroxylation is 1. The lowest BCUT2D eigenvalue weighted by molar-refractivity contribution is -0.105. The Hall–Kier alpha value is -0.420. The maximum atomic E-state index is 13.2. The van der Waals surface area contributed by atoms with Crippen molar-refractivity contribution >= 4 is 44.0 Å². The largest absolute Gasteiger partial charge is 0.327 e. The van der Waals surface area contributed by atoms with Crippen LogP contribution in [0.15, 0.2) is 15.0 Å². The molecule has 0 saturated heterocycles. The van der Waals surface area contributed by atoms with Gasteiger partial charge in [-0.2, -0.15) is 0 Å². The normalized spacial score (nSPS) is 9.85. The summed E-state index contributed by atoms with van der Waals surface area (Å²) in [4.78, 5) is 10.2. The van der Waals surface area contributed by atoms with Crippen LogP contribution in [0.4, 0.5) is 10.1 Å². The summed E-state index contributed by atoms with van der Waals surface area (Å²) in [5.41, 5.74) is 1.24. The third-order valence-electron chi connectivity index (χ3n) is 1.56. The first-order chi connectivity index (χ1) is 6.07. The van der Waals surface area contributed by atoms with Crippen LogP contribution in [0, 0.1) is 12.7 Å². The molecule has 0 bridgehead atoms. The Balaban J connectivity index is 3.34. The van der Waals surface area contributed by atoms with Crippen LogP contribution in [0.3, 0.4) is 0 Å². The zero-order chi connectivity index (χ0) is 10.0. The van der Waals surface area contributed by atoms with Crippen LogP contribution in [-0.2, 0) is 4.79 Å². The quantitative estimate of drug-likeness (QED) is 0.659. The Bertz CT molecular complexity index is 354. The van der Waals surface area contributed by atoms with E-state index in [1.165, 1.54) is 0 Å². The second-order valence-corrected chi connectivity index (χ2v) is 4.09. The van der Waals surface area contributed by atoms with Crippen LogP contribution in [-0.4, -0.2) is 6.41 Å². The lowest BCUT2D eigenvalue weighted by atomic mass is 10.2. The highest BCUT2D eigenvalue weighted by molar-refractivity contribution is 9.11. The Morgan fingerprint density at radius 2 is 2.15 bits per heavy atom. The minimum atomic E-state index is -0.421. The highest BCUT2D eigenvalue weighted by Crippen LogP contribution is 2.33. The number of halogens is 3. The molecule has 0 aliphatic carbocycles. The van der Waals surface area contributed by atoms with E-state index in [0.29, 0.717) is 16.6 Å². The standard InChI is InChI=1S/C8H6Br2FNO/c1-4-2-5(9)7(11)6(10)8(4)12-3-13/h2-3H,1H3,(H,12,13). The zero-order valence-corrected chi connectivity index (χ0v) is 9.87. The lowest BCUT2D eigenvalue weighted by Crippen LogP contribution is -1.99. The van der Waals surface area contributed by atoms with Crippen molar-refractivity contribution < 1.29 is 9.18 Å². The van der Waals surface area contributed by atoms with Crippen molar-refractivity contribution in [2.75, 3.05) is 5.32 Å². The maximum absolute atomic E-state index is 13.2. The number of rotatable bonds is 2. The summed E-state index contributed by atoms with van der Waals surface area (Å²) in [6.45, 7) is 1.78. The van der Waals surface area contributed by atoms with Crippen LogP contribution in [0.1, 0.15) is 5.56 Å². The first-order valence-electron chi connectivity index (χ1n) is 3.42. The van der Waals surface area contributed by atoms with E-state index in [2.05, 4.69) is 37.2 Å². The minimum absolute atomic E-state index is 0.256. The van der Waals surface area contributed by atoms with E-state index in [1.807, 2.05) is 0 Å². The molecule has 0 spiro atoms. The van der Waals surface area contributed by atoms with Crippen molar-refractivity contribution in [3.05, 3.63) is 26.4 Å². The zero-order valence-electron chi connectivity index (χ0n) is 6.70. The molecular formula is C8H6Br2FNO. The number of nitrogens with one attached hydrogen (secondary N) is 1. The van der Waals surface area contributed by atoms with Crippen LogP contribution in [0.25, 0.3) is 0 Å². The minimum Gasteiger partial charge on any atom is -0.327 e. The number of amides is 1. The predicted molar refractivity (Wildman–Crippen MR) is 56.2 cm³/mol. The molecule has 1 amide bonds. The number of hydrogen-bond donors (Lipinski definition) is 1. The van der Waals surface area contributed by atoms with Crippen molar-refractivity contribution in [1.29, 1.82) is 0 Å². The third kappa shape index (κ3) is 2.08. The summed E-state index contributed by atoms with van der Waals surface area (Å²) in [7, 11) is 0. The predicted octanol–water partition coefficient (Wildman–Crippen LogP) is 3.23. The molecule has 70 valence electrons. The van der Waals surface area contributed by atoms with Crippen LogP contribution < -0.4 is 5.32 Å². The van der Waals surface area contributed by atoms with Crippen molar-refractivity contribution in [1.82, 2.24) is 0 Å². The average Bonchev–Trinajstić information content (AvgIpc) is 2.09. The smallest absolute Gasteiger partial charge is 0.211 e. The summed E-state index contributed by atoms with van der Waals surface area (Å²) >= 11 is 6.12. The van der Waals surface area contributed by atoms with Gasteiger partial charge in [-0.15, -0.1) is 0 Å². The molecule has 0 unspecified atom stereocenters. The van der Waals surface area contributed by atoms with Gasteiger partial charge in [0.1, 0.15) is 0 Å². The van der Waals surface area contributed by atoms with Gasteiger partial charge < -0.3 is 5.32 Å². The molecule has 0 fully saturated rings. The van der Waals surface area contributed by atoms with E-state index < -0.39 is 5.82 Å². The highest BCUT2D eigenvalue weighted by atomic mass is 79.9. The summed E-state index contributed by atoms with van der Waals surface area (Å²) < 4.78 is 13.9. The molecule has 5 heteroatoms.